The molecule has 0 aliphatic rings. The molecular formula is C12H20N3O5S+. The van der Waals surface area contributed by atoms with Crippen molar-refractivity contribution >= 4 is 34.7 Å². The van der Waals surface area contributed by atoms with Crippen LogP contribution in [0, 0.1) is 5.53 Å². The molecule has 3 atom stereocenters. The molecule has 21 heavy (non-hydrogen) atoms. The third-order valence-electron chi connectivity index (χ3n) is 2.64. The van der Waals surface area contributed by atoms with Crippen molar-refractivity contribution < 1.29 is 28.1 Å². The number of carbonyl (C=O) groups excluding carboxylic acids is 3. The normalized spacial score (nSPS) is 14.2. The van der Waals surface area contributed by atoms with Crippen LogP contribution in [-0.2, 0) is 29.9 Å². The lowest BCUT2D eigenvalue weighted by Gasteiger charge is -2.18. The van der Waals surface area contributed by atoms with E-state index in [1.165, 1.54) is 13.2 Å². The van der Waals surface area contributed by atoms with Gasteiger partial charge < -0.3 is 10.1 Å². The van der Waals surface area contributed by atoms with Gasteiger partial charge in [-0.3, -0.25) is 13.8 Å². The van der Waals surface area contributed by atoms with E-state index in [0.717, 1.165) is 6.21 Å². The summed E-state index contributed by atoms with van der Waals surface area (Å²) in [6.45, 7) is 3.24. The average Bonchev–Trinajstić information content (AvgIpc) is 2.42. The molecular weight excluding hydrogens is 298 g/mol. The number of amides is 1. The third kappa shape index (κ3) is 7.48. The molecule has 0 aliphatic heterocycles. The minimum atomic E-state index is -1.37. The highest BCUT2D eigenvalue weighted by atomic mass is 32.2. The highest BCUT2D eigenvalue weighted by molar-refractivity contribution is 7.85. The van der Waals surface area contributed by atoms with Crippen LogP contribution >= 0.6 is 0 Å². The average molecular weight is 318 g/mol. The molecule has 0 aliphatic carbocycles. The number of ketones is 1. The van der Waals surface area contributed by atoms with E-state index in [-0.39, 0.29) is 19.4 Å². The summed E-state index contributed by atoms with van der Waals surface area (Å²) >= 11 is 0. The van der Waals surface area contributed by atoms with Crippen molar-refractivity contribution in [3.63, 3.8) is 0 Å². The summed E-state index contributed by atoms with van der Waals surface area (Å²) in [6.07, 6.45) is 2.18. The van der Waals surface area contributed by atoms with Gasteiger partial charge in [0.25, 0.3) is 0 Å². The molecule has 0 rings (SSSR count). The Hall–Kier alpha value is -1.86. The molecule has 0 aromatic carbocycles. The maximum atomic E-state index is 11.8. The van der Waals surface area contributed by atoms with Crippen molar-refractivity contribution in [2.75, 3.05) is 12.9 Å². The van der Waals surface area contributed by atoms with Gasteiger partial charge in [0.2, 0.25) is 11.7 Å². The first-order chi connectivity index (χ1) is 9.83. The van der Waals surface area contributed by atoms with Crippen LogP contribution in [0.25, 0.3) is 0 Å². The molecule has 0 heterocycles. The van der Waals surface area contributed by atoms with E-state index >= 15 is 0 Å². The largest absolute Gasteiger partial charge is 0.464 e. The van der Waals surface area contributed by atoms with Crippen LogP contribution in [-0.4, -0.2) is 57.0 Å². The molecule has 9 heteroatoms. The number of Topliss-reactive ketones (excluding diaryl/α,β-unsaturated/α-hetero) is 1. The van der Waals surface area contributed by atoms with Gasteiger partial charge in [-0.15, -0.1) is 0 Å². The Balaban J connectivity index is 4.78. The Morgan fingerprint density at radius 1 is 1.43 bits per heavy atom. The number of esters is 1. The van der Waals surface area contributed by atoms with Crippen LogP contribution < -0.4 is 5.32 Å². The molecule has 1 amide bonds. The van der Waals surface area contributed by atoms with E-state index in [9.17, 15) is 18.6 Å². The molecule has 0 spiro atoms. The van der Waals surface area contributed by atoms with Crippen LogP contribution in [0.1, 0.15) is 26.7 Å². The van der Waals surface area contributed by atoms with Crippen LogP contribution in [0.3, 0.4) is 0 Å². The predicted molar refractivity (Wildman–Crippen MR) is 75.4 cm³/mol. The van der Waals surface area contributed by atoms with E-state index in [1.807, 2.05) is 0 Å². The number of hydrogen-bond donors (Lipinski definition) is 2. The van der Waals surface area contributed by atoms with Gasteiger partial charge in [-0.25, -0.2) is 4.79 Å². The van der Waals surface area contributed by atoms with Gasteiger partial charge in [0, 0.05) is 23.5 Å². The van der Waals surface area contributed by atoms with E-state index in [2.05, 4.69) is 10.1 Å². The fourth-order valence-corrected chi connectivity index (χ4v) is 1.72. The zero-order valence-electron chi connectivity index (χ0n) is 12.3. The summed E-state index contributed by atoms with van der Waals surface area (Å²) in [5.74, 6) is -1.63. The minimum Gasteiger partial charge on any atom is -0.464 e. The lowest BCUT2D eigenvalue weighted by Crippen LogP contribution is -2.46. The molecule has 0 saturated carbocycles. The molecule has 118 valence electrons. The zero-order valence-corrected chi connectivity index (χ0v) is 13.1. The summed E-state index contributed by atoms with van der Waals surface area (Å²) in [4.78, 5) is 37.7. The van der Waals surface area contributed by atoms with Gasteiger partial charge in [-0.2, -0.15) is 0 Å². The second kappa shape index (κ2) is 9.95. The number of carbonyl (C=O) groups is 3. The maximum Gasteiger partial charge on any atom is 0.372 e. The smallest absolute Gasteiger partial charge is 0.372 e. The Bertz CT molecular complexity index is 474. The zero-order chi connectivity index (χ0) is 16.4. The van der Waals surface area contributed by atoms with Crippen LogP contribution in [0.15, 0.2) is 0 Å². The summed E-state index contributed by atoms with van der Waals surface area (Å²) < 4.78 is 16.1. The van der Waals surface area contributed by atoms with Crippen LogP contribution in [0.5, 0.6) is 0 Å². The Labute approximate surface area is 125 Å². The first-order valence-corrected chi connectivity index (χ1v) is 7.97. The number of rotatable bonds is 9. The fraction of sp³-hybridized carbons (Fsp3) is 0.667. The van der Waals surface area contributed by atoms with Crippen molar-refractivity contribution in [2.45, 2.75) is 38.0 Å². The number of nitrogens with zero attached hydrogens (tertiary/aromatic N) is 1. The molecule has 0 saturated heterocycles. The Morgan fingerprint density at radius 3 is 2.52 bits per heavy atom. The van der Waals surface area contributed by atoms with Crippen molar-refractivity contribution in [3.05, 3.63) is 0 Å². The third-order valence-corrected chi connectivity index (χ3v) is 3.85. The minimum absolute atomic E-state index is 0.0263. The first-order valence-electron chi connectivity index (χ1n) is 6.35. The first kappa shape index (κ1) is 19.1. The predicted octanol–water partition coefficient (Wildman–Crippen LogP) is -0.539. The second-order valence-corrected chi connectivity index (χ2v) is 5.92. The van der Waals surface area contributed by atoms with Crippen molar-refractivity contribution in [3.8, 4) is 0 Å². The highest BCUT2D eigenvalue weighted by Crippen LogP contribution is 2.03. The SMILES string of the molecule is CCOC(=O)[C@H](CCC(=O)C=[N+]=N)NC(=O)[C@H](C)S(C)=O. The lowest BCUT2D eigenvalue weighted by molar-refractivity contribution is -0.147. The number of ether oxygens (including phenoxy) is 1. The standard InChI is InChI=1S/C12H19N3O5S/c1-4-20-12(18)10(6-5-9(16)7-14-13)15-11(17)8(2)21(3)19/h7-8,10,13H,4-6H2,1-3H3/p+1/t8-,10-,21?/m0/s1. The van der Waals surface area contributed by atoms with E-state index in [0.29, 0.717) is 0 Å². The quantitative estimate of drug-likeness (QED) is 0.255. The fourth-order valence-electron chi connectivity index (χ4n) is 1.35. The van der Waals surface area contributed by atoms with Gasteiger partial charge >= 0.3 is 12.2 Å². The van der Waals surface area contributed by atoms with Crippen LogP contribution in [0.2, 0.25) is 0 Å². The van der Waals surface area contributed by atoms with E-state index < -0.39 is 39.8 Å². The summed E-state index contributed by atoms with van der Waals surface area (Å²) in [6, 6.07) is -0.994. The maximum absolute atomic E-state index is 11.8. The molecule has 0 aromatic rings. The van der Waals surface area contributed by atoms with E-state index in [4.69, 9.17) is 10.3 Å². The Kier molecular flexibility index (Phi) is 9.07. The summed E-state index contributed by atoms with van der Waals surface area (Å²) in [5.41, 5.74) is 6.54. The van der Waals surface area contributed by atoms with Gasteiger partial charge in [-0.05, 0) is 20.3 Å². The second-order valence-electron chi connectivity index (χ2n) is 4.22. The van der Waals surface area contributed by atoms with Gasteiger partial charge in [0.05, 0.1) is 16.9 Å². The van der Waals surface area contributed by atoms with Gasteiger partial charge in [0.15, 0.2) is 0 Å². The number of hydrogen-bond acceptors (Lipinski definition) is 6. The van der Waals surface area contributed by atoms with Gasteiger partial charge in [-0.1, -0.05) is 0 Å². The monoisotopic (exact) mass is 318 g/mol. The van der Waals surface area contributed by atoms with Crippen molar-refractivity contribution in [2.24, 2.45) is 0 Å². The topological polar surface area (TPSA) is 127 Å². The summed E-state index contributed by atoms with van der Waals surface area (Å²) in [5, 5.41) is 1.66. The van der Waals surface area contributed by atoms with E-state index in [1.54, 1.807) is 6.92 Å². The van der Waals surface area contributed by atoms with Crippen molar-refractivity contribution in [1.82, 2.24) is 5.32 Å². The molecule has 0 bridgehead atoms. The molecule has 0 fully saturated rings. The molecule has 0 aromatic heterocycles. The Morgan fingerprint density at radius 2 is 2.05 bits per heavy atom. The highest BCUT2D eigenvalue weighted by Gasteiger charge is 2.26. The molecule has 8 nitrogen and oxygen atoms in total. The molecule has 1 unspecified atom stereocenters. The van der Waals surface area contributed by atoms with Gasteiger partial charge in [0.1, 0.15) is 11.3 Å². The van der Waals surface area contributed by atoms with Crippen molar-refractivity contribution in [1.29, 1.82) is 5.53 Å². The number of nitrogens with one attached hydrogen (secondary N) is 2. The lowest BCUT2D eigenvalue weighted by atomic mass is 10.1. The van der Waals surface area contributed by atoms with Crippen LogP contribution in [0.4, 0.5) is 0 Å². The molecule has 0 radical (unpaired) electrons. The molecule has 2 N–H and O–H groups in total. The summed E-state index contributed by atoms with van der Waals surface area (Å²) in [7, 11) is -1.37.